The lowest BCUT2D eigenvalue weighted by atomic mass is 10.4. The van der Waals surface area contributed by atoms with Crippen LogP contribution in [0.5, 0.6) is 0 Å². The second-order valence-corrected chi connectivity index (χ2v) is 2.94. The second kappa shape index (κ2) is 9.80. The van der Waals surface area contributed by atoms with Gasteiger partial charge in [0.2, 0.25) is 5.91 Å². The maximum Gasteiger partial charge on any atom is 0.330 e. The first-order valence-corrected chi connectivity index (χ1v) is 5.41. The Kier molecular flexibility index (Phi) is 8.99. The minimum atomic E-state index is -0.577. The van der Waals surface area contributed by atoms with Crippen LogP contribution >= 0.6 is 0 Å². The van der Waals surface area contributed by atoms with Crippen molar-refractivity contribution in [3.8, 4) is 0 Å². The molecule has 0 aliphatic heterocycles. The summed E-state index contributed by atoms with van der Waals surface area (Å²) in [5.74, 6) is -0.980. The minimum absolute atomic E-state index is 0.228. The van der Waals surface area contributed by atoms with E-state index >= 15 is 0 Å². The molecule has 1 N–H and O–H groups in total. The number of amides is 1. The third kappa shape index (κ3) is 8.41. The van der Waals surface area contributed by atoms with Gasteiger partial charge in [0.15, 0.2) is 6.29 Å². The highest BCUT2D eigenvalue weighted by Crippen LogP contribution is 1.93. The Bertz CT molecular complexity index is 259. The summed E-state index contributed by atoms with van der Waals surface area (Å²) in [6.45, 7) is 4.90. The van der Waals surface area contributed by atoms with E-state index < -0.39 is 18.2 Å². The van der Waals surface area contributed by atoms with Crippen LogP contribution in [0.4, 0.5) is 0 Å². The highest BCUT2D eigenvalue weighted by atomic mass is 16.7. The number of methoxy groups -OCH3 is 1. The molecule has 0 fully saturated rings. The lowest BCUT2D eigenvalue weighted by molar-refractivity contribution is -0.138. The average molecular weight is 245 g/mol. The first-order valence-electron chi connectivity index (χ1n) is 5.41. The molecule has 0 aliphatic rings. The molecule has 0 aromatic carbocycles. The van der Waals surface area contributed by atoms with Gasteiger partial charge in [0, 0.05) is 25.4 Å². The van der Waals surface area contributed by atoms with Crippen LogP contribution in [0.1, 0.15) is 13.8 Å². The lowest BCUT2D eigenvalue weighted by Crippen LogP contribution is -2.34. The second-order valence-electron chi connectivity index (χ2n) is 2.94. The van der Waals surface area contributed by atoms with Crippen LogP contribution < -0.4 is 5.32 Å². The van der Waals surface area contributed by atoms with E-state index in [2.05, 4.69) is 10.1 Å². The quantitative estimate of drug-likeness (QED) is 0.376. The summed E-state index contributed by atoms with van der Waals surface area (Å²) in [6, 6.07) is 0. The Hall–Kier alpha value is -1.40. The molecule has 0 unspecified atom stereocenters. The van der Waals surface area contributed by atoms with E-state index in [1.807, 2.05) is 13.8 Å². The van der Waals surface area contributed by atoms with E-state index in [-0.39, 0.29) is 6.54 Å². The fraction of sp³-hybridized carbons (Fsp3) is 0.636. The van der Waals surface area contributed by atoms with Crippen molar-refractivity contribution in [2.75, 3.05) is 26.9 Å². The van der Waals surface area contributed by atoms with Crippen molar-refractivity contribution < 1.29 is 23.8 Å². The third-order valence-corrected chi connectivity index (χ3v) is 1.72. The standard InChI is InChI=1S/C11H19NO5/c1-4-16-11(17-5-2)8-12-9(13)6-7-10(14)15-3/h6-7,11H,4-5,8H2,1-3H3,(H,12,13). The molecule has 0 rings (SSSR count). The summed E-state index contributed by atoms with van der Waals surface area (Å²) >= 11 is 0. The molecule has 0 bridgehead atoms. The van der Waals surface area contributed by atoms with Crippen molar-refractivity contribution in [2.45, 2.75) is 20.1 Å². The topological polar surface area (TPSA) is 73.9 Å². The molecule has 0 aromatic heterocycles. The molecule has 6 heteroatoms. The Morgan fingerprint density at radius 3 is 2.24 bits per heavy atom. The van der Waals surface area contributed by atoms with Crippen LogP contribution in [0.15, 0.2) is 12.2 Å². The van der Waals surface area contributed by atoms with E-state index in [0.717, 1.165) is 12.2 Å². The molecule has 0 saturated heterocycles. The van der Waals surface area contributed by atoms with Gasteiger partial charge in [-0.2, -0.15) is 0 Å². The maximum absolute atomic E-state index is 11.3. The summed E-state index contributed by atoms with van der Waals surface area (Å²) in [6.07, 6.45) is 1.67. The highest BCUT2D eigenvalue weighted by Gasteiger charge is 2.08. The molecular formula is C11H19NO5. The van der Waals surface area contributed by atoms with Gasteiger partial charge in [-0.1, -0.05) is 0 Å². The van der Waals surface area contributed by atoms with Gasteiger partial charge in [-0.25, -0.2) is 4.79 Å². The molecule has 0 radical (unpaired) electrons. The van der Waals surface area contributed by atoms with Gasteiger partial charge >= 0.3 is 5.97 Å². The minimum Gasteiger partial charge on any atom is -0.466 e. The summed E-state index contributed by atoms with van der Waals surface area (Å²) in [5, 5.41) is 2.55. The van der Waals surface area contributed by atoms with Gasteiger partial charge in [-0.15, -0.1) is 0 Å². The molecule has 6 nitrogen and oxygen atoms in total. The fourth-order valence-electron chi connectivity index (χ4n) is 0.992. The fourth-order valence-corrected chi connectivity index (χ4v) is 0.992. The number of hydrogen-bond donors (Lipinski definition) is 1. The number of carbonyl (C=O) groups is 2. The van der Waals surface area contributed by atoms with Crippen molar-refractivity contribution in [2.24, 2.45) is 0 Å². The third-order valence-electron chi connectivity index (χ3n) is 1.72. The largest absolute Gasteiger partial charge is 0.466 e. The van der Waals surface area contributed by atoms with Crippen LogP contribution in [0.3, 0.4) is 0 Å². The zero-order chi connectivity index (χ0) is 13.1. The van der Waals surface area contributed by atoms with E-state index in [1.54, 1.807) is 0 Å². The molecule has 0 aromatic rings. The SMILES string of the molecule is CCOC(CNC(=O)C=CC(=O)OC)OCC. The lowest BCUT2D eigenvalue weighted by Gasteiger charge is -2.16. The number of esters is 1. The molecule has 1 amide bonds. The predicted octanol–water partition coefficient (Wildman–Crippen LogP) is 0.231. The van der Waals surface area contributed by atoms with Gasteiger partial charge < -0.3 is 19.5 Å². The zero-order valence-corrected chi connectivity index (χ0v) is 10.4. The summed E-state index contributed by atoms with van der Waals surface area (Å²) in [5.41, 5.74) is 0. The number of ether oxygens (including phenoxy) is 3. The normalized spacial score (nSPS) is 10.8. The monoisotopic (exact) mass is 245 g/mol. The van der Waals surface area contributed by atoms with Crippen molar-refractivity contribution in [1.29, 1.82) is 0 Å². The van der Waals surface area contributed by atoms with Crippen molar-refractivity contribution in [1.82, 2.24) is 5.32 Å². The van der Waals surface area contributed by atoms with Crippen molar-refractivity contribution in [3.05, 3.63) is 12.2 Å². The molecule has 0 heterocycles. The van der Waals surface area contributed by atoms with E-state index in [9.17, 15) is 9.59 Å². The van der Waals surface area contributed by atoms with Crippen LogP contribution in [0, 0.1) is 0 Å². The Morgan fingerprint density at radius 1 is 1.18 bits per heavy atom. The van der Waals surface area contributed by atoms with Gasteiger partial charge in [-0.3, -0.25) is 4.79 Å². The van der Waals surface area contributed by atoms with Gasteiger partial charge in [-0.05, 0) is 13.8 Å². The summed E-state index contributed by atoms with van der Waals surface area (Å²) in [7, 11) is 1.24. The average Bonchev–Trinajstić information content (AvgIpc) is 2.33. The first-order chi connectivity index (χ1) is 8.13. The Labute approximate surface area is 101 Å². The van der Waals surface area contributed by atoms with Crippen LogP contribution in [-0.2, 0) is 23.8 Å². The van der Waals surface area contributed by atoms with Gasteiger partial charge in [0.1, 0.15) is 0 Å². The van der Waals surface area contributed by atoms with Gasteiger partial charge in [0.25, 0.3) is 0 Å². The molecule has 0 spiro atoms. The zero-order valence-electron chi connectivity index (χ0n) is 10.4. The number of carbonyl (C=O) groups excluding carboxylic acids is 2. The predicted molar refractivity (Wildman–Crippen MR) is 61.2 cm³/mol. The van der Waals surface area contributed by atoms with Crippen LogP contribution in [-0.4, -0.2) is 45.0 Å². The molecule has 0 aliphatic carbocycles. The number of nitrogens with one attached hydrogen (secondary N) is 1. The smallest absolute Gasteiger partial charge is 0.330 e. The molecule has 17 heavy (non-hydrogen) atoms. The number of rotatable bonds is 8. The van der Waals surface area contributed by atoms with Crippen LogP contribution in [0.25, 0.3) is 0 Å². The Morgan fingerprint density at radius 2 is 1.76 bits per heavy atom. The van der Waals surface area contributed by atoms with E-state index in [0.29, 0.717) is 13.2 Å². The number of hydrogen-bond acceptors (Lipinski definition) is 5. The molecule has 0 atom stereocenters. The maximum atomic E-state index is 11.3. The van der Waals surface area contributed by atoms with Gasteiger partial charge in [0.05, 0.1) is 13.7 Å². The van der Waals surface area contributed by atoms with Crippen LogP contribution in [0.2, 0.25) is 0 Å². The highest BCUT2D eigenvalue weighted by molar-refractivity contribution is 5.94. The van der Waals surface area contributed by atoms with Crippen molar-refractivity contribution >= 4 is 11.9 Å². The molecule has 98 valence electrons. The molecule has 0 saturated carbocycles. The van der Waals surface area contributed by atoms with Crippen molar-refractivity contribution in [3.63, 3.8) is 0 Å². The first kappa shape index (κ1) is 15.6. The summed E-state index contributed by atoms with van der Waals surface area (Å²) < 4.78 is 14.8. The molecular weight excluding hydrogens is 226 g/mol. The van der Waals surface area contributed by atoms with E-state index in [1.165, 1.54) is 7.11 Å². The van der Waals surface area contributed by atoms with E-state index in [4.69, 9.17) is 9.47 Å². The summed E-state index contributed by atoms with van der Waals surface area (Å²) in [4.78, 5) is 22.0. The Balaban J connectivity index is 3.94.